The van der Waals surface area contributed by atoms with Crippen molar-refractivity contribution in [3.05, 3.63) is 64.5 Å². The van der Waals surface area contributed by atoms with Crippen molar-refractivity contribution in [3.63, 3.8) is 0 Å². The second-order valence-electron chi connectivity index (χ2n) is 9.17. The number of amides is 2. The number of carboxylic acids is 1. The summed E-state index contributed by atoms with van der Waals surface area (Å²) in [6, 6.07) is 14.8. The van der Waals surface area contributed by atoms with Gasteiger partial charge in [-0.25, -0.2) is 9.78 Å². The normalized spacial score (nSPS) is 15.7. The molecule has 1 saturated carbocycles. The molecule has 0 unspecified atom stereocenters. The summed E-state index contributed by atoms with van der Waals surface area (Å²) >= 11 is 1.68. The van der Waals surface area contributed by atoms with Crippen molar-refractivity contribution in [2.45, 2.75) is 31.7 Å². The van der Waals surface area contributed by atoms with Crippen molar-refractivity contribution in [2.75, 3.05) is 14.1 Å². The van der Waals surface area contributed by atoms with Crippen LogP contribution in [0.4, 0.5) is 0 Å². The molecule has 7 nitrogen and oxygen atoms in total. The molecule has 0 bridgehead atoms. The lowest BCUT2D eigenvalue weighted by atomic mass is 10.0. The van der Waals surface area contributed by atoms with Crippen molar-refractivity contribution in [3.8, 4) is 21.8 Å². The van der Waals surface area contributed by atoms with Crippen molar-refractivity contribution in [2.24, 2.45) is 5.41 Å². The van der Waals surface area contributed by atoms with E-state index in [-0.39, 0.29) is 12.3 Å². The Morgan fingerprint density at radius 3 is 2.47 bits per heavy atom. The van der Waals surface area contributed by atoms with Crippen molar-refractivity contribution in [1.82, 2.24) is 15.2 Å². The highest BCUT2D eigenvalue weighted by molar-refractivity contribution is 7.15. The monoisotopic (exact) mass is 475 g/mol. The van der Waals surface area contributed by atoms with Crippen LogP contribution in [0.5, 0.6) is 0 Å². The Bertz CT molecular complexity index is 1290. The van der Waals surface area contributed by atoms with E-state index in [9.17, 15) is 19.5 Å². The van der Waals surface area contributed by atoms with Crippen LogP contribution in [-0.2, 0) is 27.2 Å². The van der Waals surface area contributed by atoms with Gasteiger partial charge in [-0.15, -0.1) is 11.3 Å². The molecular formula is C26H25N3O4S. The van der Waals surface area contributed by atoms with Crippen LogP contribution in [0.2, 0.25) is 0 Å². The third-order valence-corrected chi connectivity index (χ3v) is 7.67. The molecule has 0 spiro atoms. The molecule has 2 aliphatic rings. The molecule has 2 N–H and O–H groups in total. The zero-order chi connectivity index (χ0) is 24.0. The maximum atomic E-state index is 12.7. The third kappa shape index (κ3) is 3.88. The molecule has 34 heavy (non-hydrogen) atoms. The first-order chi connectivity index (χ1) is 16.3. The number of carbonyl (C=O) groups excluding carboxylic acids is 2. The number of rotatable bonds is 7. The van der Waals surface area contributed by atoms with Crippen LogP contribution in [-0.4, -0.2) is 52.9 Å². The average molecular weight is 476 g/mol. The molecule has 1 fully saturated rings. The highest BCUT2D eigenvalue weighted by atomic mass is 32.1. The molecule has 0 aliphatic heterocycles. The summed E-state index contributed by atoms with van der Waals surface area (Å²) in [6.45, 7) is 0. The SMILES string of the molecule is CN(C)C(=O)C1(C(=O)N[C@@H](Cc2ccc(-c3nc4c(s3)Cc3ccccc3-4)cc2)C(=O)O)CC1. The van der Waals surface area contributed by atoms with Crippen LogP contribution in [0.3, 0.4) is 0 Å². The van der Waals surface area contributed by atoms with Gasteiger partial charge in [-0.1, -0.05) is 48.5 Å². The van der Waals surface area contributed by atoms with Crippen LogP contribution in [0.15, 0.2) is 48.5 Å². The van der Waals surface area contributed by atoms with Crippen LogP contribution in [0, 0.1) is 5.41 Å². The molecule has 1 atom stereocenters. The van der Waals surface area contributed by atoms with E-state index in [2.05, 4.69) is 17.4 Å². The Kier molecular flexibility index (Phi) is 5.48. The Morgan fingerprint density at radius 2 is 1.82 bits per heavy atom. The first-order valence-corrected chi connectivity index (χ1v) is 12.0. The van der Waals surface area contributed by atoms with Gasteiger partial charge in [0.2, 0.25) is 11.8 Å². The molecule has 2 aromatic carbocycles. The molecule has 1 heterocycles. The van der Waals surface area contributed by atoms with Gasteiger partial charge in [-0.2, -0.15) is 0 Å². The summed E-state index contributed by atoms with van der Waals surface area (Å²) in [5, 5.41) is 13.2. The number of hydrogen-bond acceptors (Lipinski definition) is 5. The summed E-state index contributed by atoms with van der Waals surface area (Å²) in [4.78, 5) is 44.5. The van der Waals surface area contributed by atoms with Gasteiger partial charge < -0.3 is 15.3 Å². The number of aliphatic carboxylic acids is 1. The Morgan fingerprint density at radius 1 is 1.12 bits per heavy atom. The Balaban J connectivity index is 1.29. The average Bonchev–Trinajstić information content (AvgIpc) is 3.42. The molecule has 3 aromatic rings. The van der Waals surface area contributed by atoms with E-state index >= 15 is 0 Å². The molecule has 1 aromatic heterocycles. The Labute approximate surface area is 201 Å². The lowest BCUT2D eigenvalue weighted by Gasteiger charge is -2.22. The van der Waals surface area contributed by atoms with Gasteiger partial charge >= 0.3 is 5.97 Å². The number of benzene rings is 2. The fourth-order valence-corrected chi connectivity index (χ4v) is 5.59. The lowest BCUT2D eigenvalue weighted by Crippen LogP contribution is -2.49. The topological polar surface area (TPSA) is 99.6 Å². The minimum absolute atomic E-state index is 0.134. The van der Waals surface area contributed by atoms with Crippen LogP contribution in [0.25, 0.3) is 21.8 Å². The van der Waals surface area contributed by atoms with Gasteiger partial charge in [0.15, 0.2) is 0 Å². The first-order valence-electron chi connectivity index (χ1n) is 11.2. The predicted octanol–water partition coefficient (Wildman–Crippen LogP) is 3.36. The largest absolute Gasteiger partial charge is 0.480 e. The van der Waals surface area contributed by atoms with E-state index in [1.165, 1.54) is 20.9 Å². The van der Waals surface area contributed by atoms with Gasteiger partial charge in [-0.05, 0) is 24.0 Å². The van der Waals surface area contributed by atoms with E-state index < -0.39 is 23.3 Å². The number of carbonyl (C=O) groups is 3. The summed E-state index contributed by atoms with van der Waals surface area (Å²) in [6.07, 6.45) is 1.92. The van der Waals surface area contributed by atoms with Crippen molar-refractivity contribution < 1.29 is 19.5 Å². The predicted molar refractivity (Wildman–Crippen MR) is 129 cm³/mol. The number of aromatic nitrogens is 1. The molecular weight excluding hydrogens is 450 g/mol. The second-order valence-corrected chi connectivity index (χ2v) is 10.3. The molecule has 5 rings (SSSR count). The number of nitrogens with zero attached hydrogens (tertiary/aromatic N) is 2. The fourth-order valence-electron chi connectivity index (χ4n) is 4.49. The third-order valence-electron chi connectivity index (χ3n) is 6.57. The maximum absolute atomic E-state index is 12.7. The van der Waals surface area contributed by atoms with Gasteiger partial charge in [0.05, 0.1) is 5.69 Å². The first kappa shape index (κ1) is 22.3. The molecule has 2 aliphatic carbocycles. The standard InChI is InChI=1S/C26H25N3O4S/c1-29(2)25(33)26(11-12-26)24(32)27-19(23(30)31)13-15-7-9-16(10-8-15)22-28-21-18-6-4-3-5-17(18)14-20(21)34-22/h3-10,19H,11-14H2,1-2H3,(H,27,32)(H,30,31)/t19-/m0/s1. The molecule has 2 amide bonds. The molecule has 0 radical (unpaired) electrons. The number of hydrogen-bond donors (Lipinski definition) is 2. The fraction of sp³-hybridized carbons (Fsp3) is 0.308. The van der Waals surface area contributed by atoms with E-state index in [4.69, 9.17) is 4.98 Å². The number of carboxylic acid groups (broad SMARTS) is 1. The summed E-state index contributed by atoms with van der Waals surface area (Å²) in [7, 11) is 3.20. The highest BCUT2D eigenvalue weighted by Gasteiger charge is 2.57. The summed E-state index contributed by atoms with van der Waals surface area (Å²) in [5.74, 6) is -1.91. The number of nitrogens with one attached hydrogen (secondary N) is 1. The lowest BCUT2D eigenvalue weighted by molar-refractivity contribution is -0.147. The van der Waals surface area contributed by atoms with Gasteiger partial charge in [0.25, 0.3) is 0 Å². The zero-order valence-electron chi connectivity index (χ0n) is 19.0. The summed E-state index contributed by atoms with van der Waals surface area (Å²) < 4.78 is 0. The van der Waals surface area contributed by atoms with E-state index in [1.807, 2.05) is 36.4 Å². The quantitative estimate of drug-likeness (QED) is 0.399. The van der Waals surface area contributed by atoms with E-state index in [1.54, 1.807) is 25.4 Å². The van der Waals surface area contributed by atoms with Crippen LogP contribution in [0.1, 0.15) is 28.8 Å². The van der Waals surface area contributed by atoms with Crippen molar-refractivity contribution in [1.29, 1.82) is 0 Å². The molecule has 0 saturated heterocycles. The van der Waals surface area contributed by atoms with Crippen LogP contribution < -0.4 is 5.32 Å². The summed E-state index contributed by atoms with van der Waals surface area (Å²) in [5.41, 5.74) is 4.19. The second kappa shape index (κ2) is 8.36. The Hall–Kier alpha value is -3.52. The van der Waals surface area contributed by atoms with Gasteiger partial charge in [0.1, 0.15) is 16.5 Å². The zero-order valence-corrected chi connectivity index (χ0v) is 19.8. The molecule has 8 heteroatoms. The minimum Gasteiger partial charge on any atom is -0.480 e. The van der Waals surface area contributed by atoms with E-state index in [0.29, 0.717) is 12.8 Å². The van der Waals surface area contributed by atoms with Gasteiger partial charge in [0, 0.05) is 42.9 Å². The smallest absolute Gasteiger partial charge is 0.326 e. The highest BCUT2D eigenvalue weighted by Crippen LogP contribution is 2.47. The molecule has 174 valence electrons. The number of thiazole rings is 1. The maximum Gasteiger partial charge on any atom is 0.326 e. The minimum atomic E-state index is -1.12. The van der Waals surface area contributed by atoms with Crippen LogP contribution >= 0.6 is 11.3 Å². The number of fused-ring (bicyclic) bond motifs is 3. The van der Waals surface area contributed by atoms with E-state index in [0.717, 1.165) is 28.2 Å². The van der Waals surface area contributed by atoms with Crippen molar-refractivity contribution >= 4 is 29.1 Å². The van der Waals surface area contributed by atoms with Gasteiger partial charge in [-0.3, -0.25) is 9.59 Å².